The summed E-state index contributed by atoms with van der Waals surface area (Å²) in [6.45, 7) is 0. The highest BCUT2D eigenvalue weighted by molar-refractivity contribution is 6.15. The van der Waals surface area contributed by atoms with Crippen molar-refractivity contribution in [2.75, 3.05) is 19.5 Å². The number of benzene rings is 2. The SMILES string of the molecule is COc1ccc(C2=NN(C(=O)CCC(=O)O)[C@]3(C2)C(=O)Nc2ccccc23)c(OC)c1. The van der Waals surface area contributed by atoms with Crippen LogP contribution in [0.5, 0.6) is 11.5 Å². The smallest absolute Gasteiger partial charge is 0.303 e. The first-order chi connectivity index (χ1) is 14.9. The molecule has 31 heavy (non-hydrogen) atoms. The van der Waals surface area contributed by atoms with Crippen LogP contribution >= 0.6 is 0 Å². The second-order valence-electron chi connectivity index (χ2n) is 7.25. The number of nitrogens with zero attached hydrogens (tertiary/aromatic N) is 2. The van der Waals surface area contributed by atoms with E-state index in [1.54, 1.807) is 49.6 Å². The lowest BCUT2D eigenvalue weighted by atomic mass is 9.84. The van der Waals surface area contributed by atoms with E-state index in [4.69, 9.17) is 14.6 Å². The molecule has 2 aliphatic heterocycles. The molecule has 2 N–H and O–H groups in total. The number of hydrazone groups is 1. The summed E-state index contributed by atoms with van der Waals surface area (Å²) < 4.78 is 10.7. The Bertz CT molecular complexity index is 1110. The van der Waals surface area contributed by atoms with Crippen molar-refractivity contribution in [1.82, 2.24) is 5.01 Å². The van der Waals surface area contributed by atoms with Gasteiger partial charge in [0.15, 0.2) is 5.54 Å². The first-order valence-corrected chi connectivity index (χ1v) is 9.66. The van der Waals surface area contributed by atoms with Crippen LogP contribution in [0.25, 0.3) is 0 Å². The van der Waals surface area contributed by atoms with Crippen molar-refractivity contribution in [2.24, 2.45) is 5.10 Å². The zero-order valence-corrected chi connectivity index (χ0v) is 17.0. The molecule has 0 aromatic heterocycles. The van der Waals surface area contributed by atoms with Crippen molar-refractivity contribution in [3.05, 3.63) is 53.6 Å². The van der Waals surface area contributed by atoms with Crippen LogP contribution in [-0.2, 0) is 19.9 Å². The summed E-state index contributed by atoms with van der Waals surface area (Å²) in [4.78, 5) is 37.2. The highest BCUT2D eigenvalue weighted by Gasteiger charge is 2.57. The number of methoxy groups -OCH3 is 2. The van der Waals surface area contributed by atoms with Gasteiger partial charge in [0.1, 0.15) is 11.5 Å². The number of anilines is 1. The molecule has 0 saturated heterocycles. The highest BCUT2D eigenvalue weighted by Crippen LogP contribution is 2.48. The van der Waals surface area contributed by atoms with Gasteiger partial charge in [-0.1, -0.05) is 18.2 Å². The summed E-state index contributed by atoms with van der Waals surface area (Å²) >= 11 is 0. The number of hydrogen-bond donors (Lipinski definition) is 2. The average molecular weight is 423 g/mol. The summed E-state index contributed by atoms with van der Waals surface area (Å²) in [6.07, 6.45) is -0.508. The minimum Gasteiger partial charge on any atom is -0.497 e. The minimum absolute atomic E-state index is 0.122. The second-order valence-corrected chi connectivity index (χ2v) is 7.25. The van der Waals surface area contributed by atoms with Crippen LogP contribution < -0.4 is 14.8 Å². The summed E-state index contributed by atoms with van der Waals surface area (Å²) in [5.74, 6) is -0.953. The van der Waals surface area contributed by atoms with E-state index in [1.807, 2.05) is 0 Å². The standard InChI is InChI=1S/C22H21N3O6/c1-30-13-7-8-14(18(11-13)31-2)17-12-22(25(24-17)19(26)9-10-20(27)28)15-5-3-4-6-16(15)23-21(22)29/h3-8,11H,9-10,12H2,1-2H3,(H,23,29)(H,27,28)/t22-/m0/s1. The molecule has 0 fully saturated rings. The van der Waals surface area contributed by atoms with E-state index in [0.717, 1.165) is 5.01 Å². The van der Waals surface area contributed by atoms with Gasteiger partial charge in [-0.3, -0.25) is 14.4 Å². The monoisotopic (exact) mass is 423 g/mol. The van der Waals surface area contributed by atoms with Crippen LogP contribution in [0, 0.1) is 0 Å². The topological polar surface area (TPSA) is 118 Å². The molecule has 1 atom stereocenters. The second kappa shape index (κ2) is 7.75. The minimum atomic E-state index is -1.38. The van der Waals surface area contributed by atoms with E-state index >= 15 is 0 Å². The molecule has 0 aliphatic carbocycles. The van der Waals surface area contributed by atoms with Gasteiger partial charge in [-0.2, -0.15) is 5.10 Å². The summed E-state index contributed by atoms with van der Waals surface area (Å²) in [6, 6.07) is 12.3. The van der Waals surface area contributed by atoms with Crippen LogP contribution in [-0.4, -0.2) is 47.8 Å². The van der Waals surface area contributed by atoms with Crippen LogP contribution in [0.4, 0.5) is 5.69 Å². The quantitative estimate of drug-likeness (QED) is 0.737. The number of carboxylic acids is 1. The number of carbonyl (C=O) groups is 3. The van der Waals surface area contributed by atoms with Crippen LogP contribution in [0.15, 0.2) is 47.6 Å². The van der Waals surface area contributed by atoms with Gasteiger partial charge in [-0.05, 0) is 18.2 Å². The molecule has 2 aliphatic rings. The summed E-state index contributed by atoms with van der Waals surface area (Å²) in [5.41, 5.74) is 0.937. The first kappa shape index (κ1) is 20.4. The Balaban J connectivity index is 1.82. The Morgan fingerprint density at radius 3 is 2.65 bits per heavy atom. The number of rotatable bonds is 6. The van der Waals surface area contributed by atoms with Gasteiger partial charge in [-0.15, -0.1) is 0 Å². The molecule has 0 bridgehead atoms. The Morgan fingerprint density at radius 2 is 1.94 bits per heavy atom. The fourth-order valence-electron chi connectivity index (χ4n) is 4.02. The molecule has 0 saturated carbocycles. The maximum absolute atomic E-state index is 13.2. The largest absolute Gasteiger partial charge is 0.497 e. The molecule has 1 spiro atoms. The zero-order valence-electron chi connectivity index (χ0n) is 17.0. The third-order valence-corrected chi connectivity index (χ3v) is 5.51. The van der Waals surface area contributed by atoms with Crippen LogP contribution in [0.1, 0.15) is 30.4 Å². The van der Waals surface area contributed by atoms with Crippen molar-refractivity contribution in [2.45, 2.75) is 24.8 Å². The molecule has 2 aromatic rings. The Labute approximate surface area is 178 Å². The van der Waals surface area contributed by atoms with E-state index in [0.29, 0.717) is 34.0 Å². The predicted molar refractivity (Wildman–Crippen MR) is 111 cm³/mol. The number of ether oxygens (including phenoxy) is 2. The molecular formula is C22H21N3O6. The normalized spacial score (nSPS) is 19.1. The van der Waals surface area contributed by atoms with Gasteiger partial charge in [0.2, 0.25) is 5.91 Å². The number of carbonyl (C=O) groups excluding carboxylic acids is 2. The number of para-hydroxylation sites is 1. The van der Waals surface area contributed by atoms with E-state index in [-0.39, 0.29) is 25.2 Å². The molecule has 4 rings (SSSR count). The molecule has 0 unspecified atom stereocenters. The lowest BCUT2D eigenvalue weighted by Crippen LogP contribution is -2.48. The highest BCUT2D eigenvalue weighted by atomic mass is 16.5. The van der Waals surface area contributed by atoms with Gasteiger partial charge in [0.05, 0.1) is 26.4 Å². The molecule has 2 heterocycles. The molecule has 9 heteroatoms. The Kier molecular flexibility index (Phi) is 5.10. The summed E-state index contributed by atoms with van der Waals surface area (Å²) in [5, 5.41) is 17.5. The van der Waals surface area contributed by atoms with Crippen molar-refractivity contribution in [3.8, 4) is 11.5 Å². The first-order valence-electron chi connectivity index (χ1n) is 9.66. The van der Waals surface area contributed by atoms with Crippen LogP contribution in [0.3, 0.4) is 0 Å². The van der Waals surface area contributed by atoms with Crippen molar-refractivity contribution in [3.63, 3.8) is 0 Å². The number of nitrogens with one attached hydrogen (secondary N) is 1. The Morgan fingerprint density at radius 1 is 1.16 bits per heavy atom. The number of fused-ring (bicyclic) bond motifs is 2. The lowest BCUT2D eigenvalue weighted by molar-refractivity contribution is -0.146. The van der Waals surface area contributed by atoms with E-state index in [9.17, 15) is 14.4 Å². The number of amides is 2. The van der Waals surface area contributed by atoms with E-state index in [2.05, 4.69) is 10.4 Å². The summed E-state index contributed by atoms with van der Waals surface area (Å²) in [7, 11) is 3.05. The maximum Gasteiger partial charge on any atom is 0.303 e. The van der Waals surface area contributed by atoms with Gasteiger partial charge >= 0.3 is 5.97 Å². The fraction of sp³-hybridized carbons (Fsp3) is 0.273. The third-order valence-electron chi connectivity index (χ3n) is 5.51. The zero-order chi connectivity index (χ0) is 22.2. The van der Waals surface area contributed by atoms with Crippen LogP contribution in [0.2, 0.25) is 0 Å². The predicted octanol–water partition coefficient (Wildman–Crippen LogP) is 2.35. The van der Waals surface area contributed by atoms with Gasteiger partial charge in [-0.25, -0.2) is 5.01 Å². The van der Waals surface area contributed by atoms with Crippen molar-refractivity contribution in [1.29, 1.82) is 0 Å². The third kappa shape index (κ3) is 3.27. The number of aliphatic carboxylic acids is 1. The average Bonchev–Trinajstić information content (AvgIpc) is 3.31. The number of hydrogen-bond acceptors (Lipinski definition) is 6. The molecular weight excluding hydrogens is 402 g/mol. The van der Waals surface area contributed by atoms with Gasteiger partial charge < -0.3 is 19.9 Å². The van der Waals surface area contributed by atoms with E-state index in [1.165, 1.54) is 7.11 Å². The van der Waals surface area contributed by atoms with Gasteiger partial charge in [0, 0.05) is 35.7 Å². The fourth-order valence-corrected chi connectivity index (χ4v) is 4.02. The van der Waals surface area contributed by atoms with Crippen molar-refractivity contribution < 1.29 is 29.0 Å². The molecule has 160 valence electrons. The number of carboxylic acid groups (broad SMARTS) is 1. The molecule has 2 amide bonds. The van der Waals surface area contributed by atoms with Gasteiger partial charge in [0.25, 0.3) is 5.91 Å². The molecule has 2 aromatic carbocycles. The van der Waals surface area contributed by atoms with E-state index < -0.39 is 17.4 Å². The maximum atomic E-state index is 13.2. The Hall–Kier alpha value is -3.88. The molecule has 9 nitrogen and oxygen atoms in total. The van der Waals surface area contributed by atoms with Crippen molar-refractivity contribution >= 4 is 29.2 Å². The molecule has 0 radical (unpaired) electrons. The lowest BCUT2D eigenvalue weighted by Gasteiger charge is -2.30.